The zero-order chi connectivity index (χ0) is 14.4. The van der Waals surface area contributed by atoms with Gasteiger partial charge in [-0.1, -0.05) is 45.7 Å². The Morgan fingerprint density at radius 3 is 2.75 bits per heavy atom. The van der Waals surface area contributed by atoms with Crippen molar-refractivity contribution in [3.8, 4) is 0 Å². The van der Waals surface area contributed by atoms with Crippen LogP contribution in [0.15, 0.2) is 30.5 Å². The molecule has 2 unspecified atom stereocenters. The van der Waals surface area contributed by atoms with Crippen LogP contribution in [0.2, 0.25) is 0 Å². The van der Waals surface area contributed by atoms with Gasteiger partial charge in [0.1, 0.15) is 0 Å². The Balaban J connectivity index is 2.16. The van der Waals surface area contributed by atoms with Crippen LogP contribution in [0.25, 0.3) is 10.9 Å². The van der Waals surface area contributed by atoms with Crippen molar-refractivity contribution >= 4 is 10.9 Å². The molecular weight excluding hydrogens is 246 g/mol. The second kappa shape index (κ2) is 4.63. The molecule has 2 aromatic rings. The highest BCUT2D eigenvalue weighted by Gasteiger charge is 2.46. The molecular formula is C18H25NO. The SMILES string of the molecule is CC(C)(C)C1CCCCC1(O)c1cccc2[nH]ccc12. The molecule has 1 aromatic carbocycles. The molecule has 1 aromatic heterocycles. The lowest BCUT2D eigenvalue weighted by Crippen LogP contribution is -2.44. The summed E-state index contributed by atoms with van der Waals surface area (Å²) < 4.78 is 0. The molecule has 2 atom stereocenters. The van der Waals surface area contributed by atoms with Crippen LogP contribution >= 0.6 is 0 Å². The van der Waals surface area contributed by atoms with Crippen LogP contribution in [0.5, 0.6) is 0 Å². The molecule has 1 aliphatic rings. The summed E-state index contributed by atoms with van der Waals surface area (Å²) in [5.41, 5.74) is 1.65. The highest BCUT2D eigenvalue weighted by molar-refractivity contribution is 5.83. The Kier molecular flexibility index (Phi) is 3.17. The van der Waals surface area contributed by atoms with Crippen molar-refractivity contribution in [1.29, 1.82) is 0 Å². The average molecular weight is 271 g/mol. The van der Waals surface area contributed by atoms with Crippen molar-refractivity contribution < 1.29 is 5.11 Å². The highest BCUT2D eigenvalue weighted by atomic mass is 16.3. The van der Waals surface area contributed by atoms with Gasteiger partial charge >= 0.3 is 0 Å². The summed E-state index contributed by atoms with van der Waals surface area (Å²) >= 11 is 0. The number of fused-ring (bicyclic) bond motifs is 1. The standard InChI is InChI=1S/C18H25NO/c1-17(2,3)16-9-4-5-11-18(16,20)14-7-6-8-15-13(14)10-12-19-15/h6-8,10,12,16,19-20H,4-5,9,11H2,1-3H3. The lowest BCUT2D eigenvalue weighted by atomic mass is 9.61. The topological polar surface area (TPSA) is 36.0 Å². The average Bonchev–Trinajstić information content (AvgIpc) is 2.85. The number of rotatable bonds is 1. The van der Waals surface area contributed by atoms with Gasteiger partial charge in [-0.05, 0) is 41.9 Å². The summed E-state index contributed by atoms with van der Waals surface area (Å²) in [5, 5.41) is 12.7. The van der Waals surface area contributed by atoms with Gasteiger partial charge in [0, 0.05) is 17.1 Å². The molecule has 0 bridgehead atoms. The van der Waals surface area contributed by atoms with Crippen LogP contribution in [-0.4, -0.2) is 10.1 Å². The number of benzene rings is 1. The molecule has 2 nitrogen and oxygen atoms in total. The molecule has 2 heteroatoms. The Bertz CT molecular complexity index is 607. The van der Waals surface area contributed by atoms with Crippen LogP contribution < -0.4 is 0 Å². The Morgan fingerprint density at radius 1 is 1.20 bits per heavy atom. The van der Waals surface area contributed by atoms with Crippen LogP contribution in [0.1, 0.15) is 52.0 Å². The van der Waals surface area contributed by atoms with Gasteiger partial charge in [0.05, 0.1) is 5.60 Å². The minimum Gasteiger partial charge on any atom is -0.385 e. The first-order chi connectivity index (χ1) is 9.43. The zero-order valence-corrected chi connectivity index (χ0v) is 12.7. The molecule has 1 saturated carbocycles. The second-order valence-electron chi connectivity index (χ2n) is 7.33. The van der Waals surface area contributed by atoms with Crippen molar-refractivity contribution in [2.45, 2.75) is 52.1 Å². The molecule has 1 aliphatic carbocycles. The van der Waals surface area contributed by atoms with Gasteiger partial charge in [-0.25, -0.2) is 0 Å². The third kappa shape index (κ3) is 2.07. The Morgan fingerprint density at radius 2 is 2.00 bits per heavy atom. The number of hydrogen-bond donors (Lipinski definition) is 2. The third-order valence-corrected chi connectivity index (χ3v) is 4.98. The van der Waals surface area contributed by atoms with Crippen molar-refractivity contribution in [3.63, 3.8) is 0 Å². The van der Waals surface area contributed by atoms with E-state index in [9.17, 15) is 5.11 Å². The summed E-state index contributed by atoms with van der Waals surface area (Å²) in [6, 6.07) is 8.34. The number of nitrogens with one attached hydrogen (secondary N) is 1. The van der Waals surface area contributed by atoms with E-state index in [2.05, 4.69) is 50.0 Å². The van der Waals surface area contributed by atoms with E-state index in [1.54, 1.807) is 0 Å². The van der Waals surface area contributed by atoms with Gasteiger partial charge in [0.2, 0.25) is 0 Å². The molecule has 0 spiro atoms. The van der Waals surface area contributed by atoms with Crippen molar-refractivity contribution in [1.82, 2.24) is 4.98 Å². The van der Waals surface area contributed by atoms with Crippen LogP contribution in [0.4, 0.5) is 0 Å². The predicted octanol–water partition coefficient (Wildman–Crippen LogP) is 4.59. The van der Waals surface area contributed by atoms with Crippen LogP contribution in [-0.2, 0) is 5.60 Å². The normalized spacial score (nSPS) is 27.9. The van der Waals surface area contributed by atoms with Gasteiger partial charge in [-0.3, -0.25) is 0 Å². The molecule has 0 amide bonds. The zero-order valence-electron chi connectivity index (χ0n) is 12.7. The molecule has 1 fully saturated rings. The van der Waals surface area contributed by atoms with Gasteiger partial charge in [0.15, 0.2) is 0 Å². The summed E-state index contributed by atoms with van der Waals surface area (Å²) in [7, 11) is 0. The number of aromatic nitrogens is 1. The number of aromatic amines is 1. The van der Waals surface area contributed by atoms with Gasteiger partial charge in [0.25, 0.3) is 0 Å². The molecule has 1 heterocycles. The van der Waals surface area contributed by atoms with Crippen molar-refractivity contribution in [2.75, 3.05) is 0 Å². The van der Waals surface area contributed by atoms with E-state index in [0.717, 1.165) is 30.3 Å². The van der Waals surface area contributed by atoms with E-state index in [4.69, 9.17) is 0 Å². The van der Waals surface area contributed by atoms with E-state index in [-0.39, 0.29) is 5.41 Å². The summed E-state index contributed by atoms with van der Waals surface area (Å²) in [4.78, 5) is 3.26. The van der Waals surface area contributed by atoms with Crippen molar-refractivity contribution in [3.05, 3.63) is 36.0 Å². The molecule has 108 valence electrons. The van der Waals surface area contributed by atoms with E-state index < -0.39 is 5.60 Å². The fraction of sp³-hybridized carbons (Fsp3) is 0.556. The molecule has 0 aliphatic heterocycles. The summed E-state index contributed by atoms with van der Waals surface area (Å²) in [6.45, 7) is 6.77. The molecule has 20 heavy (non-hydrogen) atoms. The summed E-state index contributed by atoms with van der Waals surface area (Å²) in [5.74, 6) is 0.309. The number of aliphatic hydroxyl groups is 1. The first-order valence-corrected chi connectivity index (χ1v) is 7.72. The van der Waals surface area contributed by atoms with Gasteiger partial charge < -0.3 is 10.1 Å². The van der Waals surface area contributed by atoms with Crippen molar-refractivity contribution in [2.24, 2.45) is 11.3 Å². The van der Waals surface area contributed by atoms with Gasteiger partial charge in [-0.2, -0.15) is 0 Å². The molecule has 0 radical (unpaired) electrons. The summed E-state index contributed by atoms with van der Waals surface area (Å²) in [6.07, 6.45) is 6.30. The minimum atomic E-state index is -0.696. The van der Waals surface area contributed by atoms with E-state index in [1.807, 2.05) is 6.20 Å². The Labute approximate surface area is 121 Å². The first kappa shape index (κ1) is 13.7. The Hall–Kier alpha value is -1.28. The maximum atomic E-state index is 11.5. The molecule has 2 N–H and O–H groups in total. The maximum Gasteiger partial charge on any atom is 0.0936 e. The smallest absolute Gasteiger partial charge is 0.0936 e. The van der Waals surface area contributed by atoms with E-state index in [1.165, 1.54) is 11.8 Å². The molecule has 0 saturated heterocycles. The number of hydrogen-bond acceptors (Lipinski definition) is 1. The molecule has 3 rings (SSSR count). The quantitative estimate of drug-likeness (QED) is 0.781. The maximum absolute atomic E-state index is 11.5. The predicted molar refractivity (Wildman–Crippen MR) is 83.6 cm³/mol. The monoisotopic (exact) mass is 271 g/mol. The first-order valence-electron chi connectivity index (χ1n) is 7.72. The minimum absolute atomic E-state index is 0.119. The third-order valence-electron chi connectivity index (χ3n) is 4.98. The van der Waals surface area contributed by atoms with E-state index in [0.29, 0.717) is 5.92 Å². The largest absolute Gasteiger partial charge is 0.385 e. The lowest BCUT2D eigenvalue weighted by molar-refractivity contribution is -0.0948. The van der Waals surface area contributed by atoms with Crippen LogP contribution in [0, 0.1) is 11.3 Å². The van der Waals surface area contributed by atoms with Crippen LogP contribution in [0.3, 0.4) is 0 Å². The fourth-order valence-corrected chi connectivity index (χ4v) is 4.09. The highest BCUT2D eigenvalue weighted by Crippen LogP contribution is 2.50. The number of H-pyrrole nitrogens is 1. The fourth-order valence-electron chi connectivity index (χ4n) is 4.09. The lowest BCUT2D eigenvalue weighted by Gasteiger charge is -2.47. The van der Waals surface area contributed by atoms with Gasteiger partial charge in [-0.15, -0.1) is 0 Å². The van der Waals surface area contributed by atoms with E-state index >= 15 is 0 Å². The second-order valence-corrected chi connectivity index (χ2v) is 7.33.